The summed E-state index contributed by atoms with van der Waals surface area (Å²) in [7, 11) is 0. The second-order valence-electron chi connectivity index (χ2n) is 9.36. The maximum atomic E-state index is 13.2. The molecule has 1 N–H and O–H groups in total. The summed E-state index contributed by atoms with van der Waals surface area (Å²) in [5, 5.41) is 11.0. The van der Waals surface area contributed by atoms with Gasteiger partial charge in [0, 0.05) is 28.7 Å². The fraction of sp³-hybridized carbons (Fsp3) is 0.727. The second kappa shape index (κ2) is 6.33. The second-order valence-corrected chi connectivity index (χ2v) is 9.36. The number of carbonyl (C=O) groups excluding carboxylic acids is 2. The van der Waals surface area contributed by atoms with Gasteiger partial charge in [0.05, 0.1) is 6.10 Å². The van der Waals surface area contributed by atoms with Crippen LogP contribution < -0.4 is 0 Å². The molecule has 0 aliphatic heterocycles. The molecule has 0 aromatic rings. The Morgan fingerprint density at radius 2 is 1.81 bits per heavy atom. The van der Waals surface area contributed by atoms with Crippen molar-refractivity contribution in [2.45, 2.75) is 73.3 Å². The van der Waals surface area contributed by atoms with Gasteiger partial charge < -0.3 is 9.84 Å². The number of aliphatic hydroxyl groups is 1. The molecule has 0 aromatic carbocycles. The lowest BCUT2D eigenvalue weighted by molar-refractivity contribution is -0.135. The Balaban J connectivity index is 2.28. The van der Waals surface area contributed by atoms with E-state index in [9.17, 15) is 14.7 Å². The van der Waals surface area contributed by atoms with E-state index in [1.807, 2.05) is 20.8 Å². The molecule has 0 heterocycles. The first-order valence-electron chi connectivity index (χ1n) is 9.95. The molecule has 0 saturated heterocycles. The third kappa shape index (κ3) is 2.60. The van der Waals surface area contributed by atoms with Crippen LogP contribution in [0.25, 0.3) is 0 Å². The van der Waals surface area contributed by atoms with Crippen molar-refractivity contribution in [3.8, 4) is 0 Å². The van der Waals surface area contributed by atoms with E-state index in [4.69, 9.17) is 4.74 Å². The summed E-state index contributed by atoms with van der Waals surface area (Å²) in [6.07, 6.45) is 3.47. The van der Waals surface area contributed by atoms with Gasteiger partial charge in [0.2, 0.25) is 11.6 Å². The molecule has 0 spiro atoms. The first-order chi connectivity index (χ1) is 12.1. The number of hydrogen-bond acceptors (Lipinski definition) is 4. The average molecular weight is 360 g/mol. The molecule has 144 valence electrons. The summed E-state index contributed by atoms with van der Waals surface area (Å²) in [6.45, 7) is 12.8. The molecule has 4 heteroatoms. The van der Waals surface area contributed by atoms with Gasteiger partial charge in [0.1, 0.15) is 5.76 Å². The lowest BCUT2D eigenvalue weighted by Crippen LogP contribution is -2.53. The SMILES string of the molecule is CCOC1CC2C(C)(C)CCCC2(C)C2=C1C(O)=C(C(C)C)C(=O)C2=O. The number of fused-ring (bicyclic) bond motifs is 2. The molecule has 4 nitrogen and oxygen atoms in total. The van der Waals surface area contributed by atoms with Gasteiger partial charge in [0.15, 0.2) is 0 Å². The Labute approximate surface area is 156 Å². The molecule has 26 heavy (non-hydrogen) atoms. The molecular weight excluding hydrogens is 328 g/mol. The van der Waals surface area contributed by atoms with Crippen LogP contribution in [0.2, 0.25) is 0 Å². The van der Waals surface area contributed by atoms with Crippen molar-refractivity contribution in [2.24, 2.45) is 22.7 Å². The van der Waals surface area contributed by atoms with Crippen LogP contribution in [0.3, 0.4) is 0 Å². The van der Waals surface area contributed by atoms with Crippen LogP contribution in [0.1, 0.15) is 67.2 Å². The smallest absolute Gasteiger partial charge is 0.233 e. The van der Waals surface area contributed by atoms with Gasteiger partial charge in [-0.25, -0.2) is 0 Å². The number of rotatable bonds is 3. The Kier molecular flexibility index (Phi) is 4.71. The molecule has 3 rings (SSSR count). The highest BCUT2D eigenvalue weighted by atomic mass is 16.5. The van der Waals surface area contributed by atoms with Crippen LogP contribution in [-0.2, 0) is 14.3 Å². The van der Waals surface area contributed by atoms with Crippen LogP contribution in [0.15, 0.2) is 22.5 Å². The molecule has 3 unspecified atom stereocenters. The van der Waals surface area contributed by atoms with E-state index < -0.39 is 11.6 Å². The fourth-order valence-electron chi connectivity index (χ4n) is 5.83. The highest BCUT2D eigenvalue weighted by Crippen LogP contribution is 2.61. The summed E-state index contributed by atoms with van der Waals surface area (Å²) in [5.41, 5.74) is 1.06. The predicted molar refractivity (Wildman–Crippen MR) is 101 cm³/mol. The van der Waals surface area contributed by atoms with Gasteiger partial charge in [-0.1, -0.05) is 41.0 Å². The summed E-state index contributed by atoms with van der Waals surface area (Å²) in [5.74, 6) is -0.894. The number of ketones is 2. The summed E-state index contributed by atoms with van der Waals surface area (Å²) in [6, 6.07) is 0. The van der Waals surface area contributed by atoms with E-state index in [1.54, 1.807) is 0 Å². The minimum Gasteiger partial charge on any atom is -0.507 e. The van der Waals surface area contributed by atoms with E-state index in [1.165, 1.54) is 0 Å². The topological polar surface area (TPSA) is 63.6 Å². The molecule has 0 radical (unpaired) electrons. The third-order valence-electron chi connectivity index (χ3n) is 6.98. The van der Waals surface area contributed by atoms with Crippen LogP contribution in [0.4, 0.5) is 0 Å². The average Bonchev–Trinajstić information content (AvgIpc) is 2.52. The van der Waals surface area contributed by atoms with Crippen LogP contribution in [0.5, 0.6) is 0 Å². The molecule has 0 amide bonds. The molecule has 3 aliphatic carbocycles. The highest BCUT2D eigenvalue weighted by Gasteiger charge is 2.57. The monoisotopic (exact) mass is 360 g/mol. The van der Waals surface area contributed by atoms with Crippen LogP contribution >= 0.6 is 0 Å². The first-order valence-corrected chi connectivity index (χ1v) is 9.95. The van der Waals surface area contributed by atoms with Gasteiger partial charge in [-0.3, -0.25) is 9.59 Å². The highest BCUT2D eigenvalue weighted by molar-refractivity contribution is 6.50. The van der Waals surface area contributed by atoms with Gasteiger partial charge in [-0.15, -0.1) is 0 Å². The van der Waals surface area contributed by atoms with Gasteiger partial charge in [-0.2, -0.15) is 0 Å². The summed E-state index contributed by atoms with van der Waals surface area (Å²) in [4.78, 5) is 26.1. The molecule has 1 fully saturated rings. The zero-order valence-corrected chi connectivity index (χ0v) is 16.9. The van der Waals surface area contributed by atoms with Crippen molar-refractivity contribution in [3.05, 3.63) is 22.5 Å². The van der Waals surface area contributed by atoms with E-state index >= 15 is 0 Å². The summed E-state index contributed by atoms with van der Waals surface area (Å²) >= 11 is 0. The Morgan fingerprint density at radius 3 is 2.38 bits per heavy atom. The van der Waals surface area contributed by atoms with Crippen molar-refractivity contribution >= 4 is 11.6 Å². The molecule has 3 aliphatic rings. The molecular formula is C22H32O4. The van der Waals surface area contributed by atoms with Gasteiger partial charge in [-0.05, 0) is 43.4 Å². The van der Waals surface area contributed by atoms with Crippen LogP contribution in [-0.4, -0.2) is 29.4 Å². The predicted octanol–water partition coefficient (Wildman–Crippen LogP) is 4.54. The maximum absolute atomic E-state index is 13.2. The first kappa shape index (κ1) is 19.3. The fourth-order valence-corrected chi connectivity index (χ4v) is 5.83. The van der Waals surface area contributed by atoms with Crippen molar-refractivity contribution < 1.29 is 19.4 Å². The molecule has 0 aromatic heterocycles. The minimum atomic E-state index is -0.531. The summed E-state index contributed by atoms with van der Waals surface area (Å²) < 4.78 is 6.01. The third-order valence-corrected chi connectivity index (χ3v) is 6.98. The lowest BCUT2D eigenvalue weighted by atomic mass is 9.48. The van der Waals surface area contributed by atoms with Crippen molar-refractivity contribution in [1.29, 1.82) is 0 Å². The Hall–Kier alpha value is -1.42. The number of aliphatic hydroxyl groups excluding tert-OH is 1. The number of hydrogen-bond donors (Lipinski definition) is 1. The number of carbonyl (C=O) groups is 2. The zero-order valence-electron chi connectivity index (χ0n) is 16.9. The van der Waals surface area contributed by atoms with Gasteiger partial charge >= 0.3 is 0 Å². The Morgan fingerprint density at radius 1 is 1.15 bits per heavy atom. The number of ether oxygens (including phenoxy) is 1. The molecule has 0 bridgehead atoms. The maximum Gasteiger partial charge on any atom is 0.233 e. The lowest BCUT2D eigenvalue weighted by Gasteiger charge is -2.56. The van der Waals surface area contributed by atoms with Gasteiger partial charge in [0.25, 0.3) is 0 Å². The minimum absolute atomic E-state index is 0.00102. The van der Waals surface area contributed by atoms with Crippen molar-refractivity contribution in [3.63, 3.8) is 0 Å². The number of allylic oxidation sites excluding steroid dienone is 2. The zero-order chi connectivity index (χ0) is 19.4. The molecule has 3 atom stereocenters. The number of Topliss-reactive ketones (excluding diaryl/α,β-unsaturated/α-hetero) is 2. The van der Waals surface area contributed by atoms with Crippen molar-refractivity contribution in [1.82, 2.24) is 0 Å². The van der Waals surface area contributed by atoms with E-state index in [0.29, 0.717) is 17.8 Å². The quantitative estimate of drug-likeness (QED) is 0.593. The van der Waals surface area contributed by atoms with E-state index in [2.05, 4.69) is 20.8 Å². The Bertz CT molecular complexity index is 710. The largest absolute Gasteiger partial charge is 0.507 e. The van der Waals surface area contributed by atoms with E-state index in [-0.39, 0.29) is 40.1 Å². The van der Waals surface area contributed by atoms with Crippen LogP contribution in [0, 0.1) is 22.7 Å². The molecule has 1 saturated carbocycles. The van der Waals surface area contributed by atoms with Crippen molar-refractivity contribution in [2.75, 3.05) is 6.61 Å². The normalized spacial score (nSPS) is 34.3. The standard InChI is InChI=1S/C22H32O4/c1-7-26-13-11-14-21(4,5)9-8-10-22(14,6)17-16(13)18(23)15(12(2)3)19(24)20(17)25/h12-14,23H,7-11H2,1-6H3. The van der Waals surface area contributed by atoms with E-state index in [0.717, 1.165) is 25.7 Å².